The summed E-state index contributed by atoms with van der Waals surface area (Å²) in [7, 11) is 5.69. The van der Waals surface area contributed by atoms with E-state index < -0.39 is 0 Å². The fourth-order valence-corrected chi connectivity index (χ4v) is 1.94. The number of carbonyl (C=O) groups is 1. The zero-order chi connectivity index (χ0) is 15.4. The Balaban J connectivity index is 2.17. The van der Waals surface area contributed by atoms with E-state index in [9.17, 15) is 4.79 Å². The van der Waals surface area contributed by atoms with Gasteiger partial charge in [-0.2, -0.15) is 0 Å². The Bertz CT molecular complexity index is 637. The molecule has 0 aliphatic rings. The van der Waals surface area contributed by atoms with E-state index in [4.69, 9.17) is 0 Å². The Kier molecular flexibility index (Phi) is 4.37. The van der Waals surface area contributed by atoms with Crippen molar-refractivity contribution in [2.24, 2.45) is 0 Å². The van der Waals surface area contributed by atoms with Gasteiger partial charge in [-0.05, 0) is 24.6 Å². The van der Waals surface area contributed by atoms with Gasteiger partial charge in [-0.15, -0.1) is 0 Å². The number of carbonyl (C=O) groups excluding carboxylic acids is 1. The summed E-state index contributed by atoms with van der Waals surface area (Å²) in [5, 5.41) is 5.69. The molecule has 1 heterocycles. The zero-order valence-electron chi connectivity index (χ0n) is 12.6. The second-order valence-electron chi connectivity index (χ2n) is 4.89. The molecule has 0 spiro atoms. The summed E-state index contributed by atoms with van der Waals surface area (Å²) in [5.74, 6) is 0.343. The van der Waals surface area contributed by atoms with Crippen LogP contribution < -0.4 is 15.5 Å². The topological polar surface area (TPSA) is 70.2 Å². The third kappa shape index (κ3) is 3.47. The van der Waals surface area contributed by atoms with Crippen LogP contribution >= 0.6 is 0 Å². The predicted octanol–water partition coefficient (Wildman–Crippen LogP) is 2.15. The van der Waals surface area contributed by atoms with Crippen LogP contribution in [0.3, 0.4) is 0 Å². The number of amides is 1. The summed E-state index contributed by atoms with van der Waals surface area (Å²) in [4.78, 5) is 22.3. The fourth-order valence-electron chi connectivity index (χ4n) is 1.94. The minimum absolute atomic E-state index is 0.279. The van der Waals surface area contributed by atoms with Crippen LogP contribution in [0.25, 0.3) is 0 Å². The molecule has 0 radical (unpaired) electrons. The highest BCUT2D eigenvalue weighted by Crippen LogP contribution is 2.22. The minimum atomic E-state index is -0.279. The summed E-state index contributed by atoms with van der Waals surface area (Å²) in [6, 6.07) is 5.78. The first-order valence-corrected chi connectivity index (χ1v) is 6.60. The molecule has 0 fully saturated rings. The van der Waals surface area contributed by atoms with Crippen LogP contribution in [0.5, 0.6) is 0 Å². The van der Waals surface area contributed by atoms with Gasteiger partial charge < -0.3 is 15.5 Å². The standard InChI is InChI=1S/C15H19N5O/c1-10-5-6-11(7-13(10)20(3)4)19-15(21)12-8-18-14(16-2)9-17-12/h5-9H,1-4H3,(H,16,18)(H,19,21). The maximum atomic E-state index is 12.1. The minimum Gasteiger partial charge on any atom is -0.377 e. The number of rotatable bonds is 4. The van der Waals surface area contributed by atoms with Gasteiger partial charge in [0, 0.05) is 32.5 Å². The fraction of sp³-hybridized carbons (Fsp3) is 0.267. The van der Waals surface area contributed by atoms with Gasteiger partial charge in [0.1, 0.15) is 11.5 Å². The molecule has 1 aromatic heterocycles. The number of hydrogen-bond acceptors (Lipinski definition) is 5. The van der Waals surface area contributed by atoms with Crippen molar-refractivity contribution < 1.29 is 4.79 Å². The predicted molar refractivity (Wildman–Crippen MR) is 85.0 cm³/mol. The Morgan fingerprint density at radius 3 is 2.52 bits per heavy atom. The number of aryl methyl sites for hydroxylation is 1. The molecule has 110 valence electrons. The molecule has 6 nitrogen and oxygen atoms in total. The highest BCUT2D eigenvalue weighted by molar-refractivity contribution is 6.03. The average molecular weight is 285 g/mol. The van der Waals surface area contributed by atoms with Gasteiger partial charge in [0.2, 0.25) is 0 Å². The SMILES string of the molecule is CNc1cnc(C(=O)Nc2ccc(C)c(N(C)C)c2)cn1. The van der Waals surface area contributed by atoms with Crippen molar-refractivity contribution >= 4 is 23.1 Å². The Morgan fingerprint density at radius 1 is 1.19 bits per heavy atom. The van der Waals surface area contributed by atoms with Crippen molar-refractivity contribution in [1.29, 1.82) is 0 Å². The molecular formula is C15H19N5O. The van der Waals surface area contributed by atoms with Crippen molar-refractivity contribution in [1.82, 2.24) is 9.97 Å². The quantitative estimate of drug-likeness (QED) is 0.900. The zero-order valence-corrected chi connectivity index (χ0v) is 12.6. The first kappa shape index (κ1) is 14.8. The molecule has 0 aliphatic carbocycles. The molecule has 0 atom stereocenters. The molecule has 2 aromatic rings. The summed E-state index contributed by atoms with van der Waals surface area (Å²) < 4.78 is 0. The van der Waals surface area contributed by atoms with Crippen LogP contribution in [0.1, 0.15) is 16.1 Å². The molecule has 0 saturated carbocycles. The van der Waals surface area contributed by atoms with E-state index >= 15 is 0 Å². The van der Waals surface area contributed by atoms with E-state index in [0.29, 0.717) is 5.82 Å². The van der Waals surface area contributed by atoms with Gasteiger partial charge >= 0.3 is 0 Å². The lowest BCUT2D eigenvalue weighted by molar-refractivity contribution is 0.102. The third-order valence-electron chi connectivity index (χ3n) is 3.09. The number of anilines is 3. The molecule has 2 N–H and O–H groups in total. The lowest BCUT2D eigenvalue weighted by Crippen LogP contribution is -2.15. The maximum Gasteiger partial charge on any atom is 0.275 e. The van der Waals surface area contributed by atoms with Gasteiger partial charge in [-0.1, -0.05) is 6.07 Å². The average Bonchev–Trinajstić information content (AvgIpc) is 2.49. The van der Waals surface area contributed by atoms with Gasteiger partial charge in [0.15, 0.2) is 0 Å². The number of nitrogens with one attached hydrogen (secondary N) is 2. The molecule has 6 heteroatoms. The number of aromatic nitrogens is 2. The van der Waals surface area contributed by atoms with Crippen molar-refractivity contribution in [3.63, 3.8) is 0 Å². The maximum absolute atomic E-state index is 12.1. The summed E-state index contributed by atoms with van der Waals surface area (Å²) in [6.45, 7) is 2.03. The van der Waals surface area contributed by atoms with E-state index in [1.807, 2.05) is 44.1 Å². The lowest BCUT2D eigenvalue weighted by atomic mass is 10.1. The van der Waals surface area contributed by atoms with Gasteiger partial charge in [-0.25, -0.2) is 9.97 Å². The first-order chi connectivity index (χ1) is 10.0. The first-order valence-electron chi connectivity index (χ1n) is 6.60. The highest BCUT2D eigenvalue weighted by Gasteiger charge is 2.10. The largest absolute Gasteiger partial charge is 0.377 e. The van der Waals surface area contributed by atoms with Crippen molar-refractivity contribution in [2.75, 3.05) is 36.7 Å². The third-order valence-corrected chi connectivity index (χ3v) is 3.09. The molecule has 0 bridgehead atoms. The molecular weight excluding hydrogens is 266 g/mol. The molecule has 0 saturated heterocycles. The molecule has 0 aliphatic heterocycles. The van der Waals surface area contributed by atoms with Crippen LogP contribution in [0.4, 0.5) is 17.2 Å². The molecule has 2 rings (SSSR count). The normalized spacial score (nSPS) is 10.1. The summed E-state index contributed by atoms with van der Waals surface area (Å²) in [5.41, 5.74) is 3.22. The van der Waals surface area contributed by atoms with Crippen molar-refractivity contribution in [3.8, 4) is 0 Å². The molecule has 0 unspecified atom stereocenters. The van der Waals surface area contributed by atoms with E-state index in [1.165, 1.54) is 12.4 Å². The van der Waals surface area contributed by atoms with Crippen LogP contribution in [0.15, 0.2) is 30.6 Å². The van der Waals surface area contributed by atoms with Crippen LogP contribution in [0, 0.1) is 6.92 Å². The number of benzene rings is 1. The molecule has 1 amide bonds. The van der Waals surface area contributed by atoms with Crippen LogP contribution in [-0.4, -0.2) is 37.0 Å². The van der Waals surface area contributed by atoms with Gasteiger partial charge in [0.05, 0.1) is 12.4 Å². The van der Waals surface area contributed by atoms with E-state index in [2.05, 4.69) is 20.6 Å². The highest BCUT2D eigenvalue weighted by atomic mass is 16.1. The number of nitrogens with zero attached hydrogens (tertiary/aromatic N) is 3. The molecule has 1 aromatic carbocycles. The Morgan fingerprint density at radius 2 is 1.95 bits per heavy atom. The van der Waals surface area contributed by atoms with Crippen molar-refractivity contribution in [3.05, 3.63) is 41.9 Å². The Hall–Kier alpha value is -2.63. The summed E-state index contributed by atoms with van der Waals surface area (Å²) in [6.07, 6.45) is 2.97. The summed E-state index contributed by atoms with van der Waals surface area (Å²) >= 11 is 0. The van der Waals surface area contributed by atoms with Crippen LogP contribution in [0.2, 0.25) is 0 Å². The van der Waals surface area contributed by atoms with E-state index in [1.54, 1.807) is 7.05 Å². The van der Waals surface area contributed by atoms with Gasteiger partial charge in [0.25, 0.3) is 5.91 Å². The number of hydrogen-bond donors (Lipinski definition) is 2. The van der Waals surface area contributed by atoms with Crippen LogP contribution in [-0.2, 0) is 0 Å². The van der Waals surface area contributed by atoms with E-state index in [-0.39, 0.29) is 11.6 Å². The van der Waals surface area contributed by atoms with E-state index in [0.717, 1.165) is 16.9 Å². The second-order valence-corrected chi connectivity index (χ2v) is 4.89. The van der Waals surface area contributed by atoms with Crippen molar-refractivity contribution in [2.45, 2.75) is 6.92 Å². The molecule has 21 heavy (non-hydrogen) atoms. The second kappa shape index (κ2) is 6.21. The Labute approximate surface area is 124 Å². The monoisotopic (exact) mass is 285 g/mol. The smallest absolute Gasteiger partial charge is 0.275 e. The lowest BCUT2D eigenvalue weighted by Gasteiger charge is -2.17. The van der Waals surface area contributed by atoms with Gasteiger partial charge in [-0.3, -0.25) is 4.79 Å².